The highest BCUT2D eigenvalue weighted by Gasteiger charge is 2.21. The summed E-state index contributed by atoms with van der Waals surface area (Å²) in [6, 6.07) is 7.63. The molecule has 1 saturated heterocycles. The number of allylic oxidation sites excluding steroid dienone is 2. The summed E-state index contributed by atoms with van der Waals surface area (Å²) in [5, 5.41) is 11.8. The summed E-state index contributed by atoms with van der Waals surface area (Å²) in [6.07, 6.45) is 5.88. The predicted molar refractivity (Wildman–Crippen MR) is 118 cm³/mol. The minimum Gasteiger partial charge on any atom is -0.387 e. The van der Waals surface area contributed by atoms with Gasteiger partial charge in [0, 0.05) is 47.7 Å². The summed E-state index contributed by atoms with van der Waals surface area (Å²) >= 11 is 6.30. The third-order valence-corrected chi connectivity index (χ3v) is 5.78. The van der Waals surface area contributed by atoms with Gasteiger partial charge in [-0.25, -0.2) is 5.10 Å². The van der Waals surface area contributed by atoms with Crippen molar-refractivity contribution in [3.05, 3.63) is 69.3 Å². The van der Waals surface area contributed by atoms with Crippen molar-refractivity contribution in [3.63, 3.8) is 0 Å². The molecule has 1 fully saturated rings. The van der Waals surface area contributed by atoms with Crippen LogP contribution >= 0.6 is 11.6 Å². The van der Waals surface area contributed by atoms with Crippen LogP contribution in [-0.4, -0.2) is 52.9 Å². The van der Waals surface area contributed by atoms with Gasteiger partial charge in [-0.3, -0.25) is 9.69 Å². The Bertz CT molecular complexity index is 1200. The number of halogens is 1. The number of ether oxygens (including phenoxy) is 1. The Labute approximate surface area is 178 Å². The van der Waals surface area contributed by atoms with E-state index < -0.39 is 0 Å². The van der Waals surface area contributed by atoms with E-state index in [1.165, 1.54) is 0 Å². The molecular weight excluding hydrogens is 402 g/mol. The van der Waals surface area contributed by atoms with E-state index in [0.717, 1.165) is 53.1 Å². The number of nitrogens with one attached hydrogen (secondary N) is 3. The smallest absolute Gasteiger partial charge is 0.273 e. The van der Waals surface area contributed by atoms with Crippen LogP contribution in [0.2, 0.25) is 5.02 Å². The Morgan fingerprint density at radius 2 is 2.07 bits per heavy atom. The average Bonchev–Trinajstić information content (AvgIpc) is 3.13. The van der Waals surface area contributed by atoms with E-state index >= 15 is 0 Å². The summed E-state index contributed by atoms with van der Waals surface area (Å²) in [6.45, 7) is 4.59. The lowest BCUT2D eigenvalue weighted by atomic mass is 10.0. The number of H-pyrrole nitrogens is 2. The minimum absolute atomic E-state index is 0.224. The van der Waals surface area contributed by atoms with Crippen LogP contribution < -0.4 is 10.9 Å². The number of benzene rings is 1. The molecule has 0 aliphatic carbocycles. The number of hydrogen-bond donors (Lipinski definition) is 3. The molecule has 30 heavy (non-hydrogen) atoms. The average molecular weight is 424 g/mol. The lowest BCUT2D eigenvalue weighted by Gasteiger charge is -2.26. The number of aromatic amines is 2. The minimum atomic E-state index is -0.224. The molecule has 1 aromatic carbocycles. The molecule has 4 heterocycles. The van der Waals surface area contributed by atoms with Crippen LogP contribution in [0.5, 0.6) is 0 Å². The topological polar surface area (TPSA) is 86.0 Å². The molecule has 0 saturated carbocycles. The molecule has 3 aromatic rings. The first-order valence-corrected chi connectivity index (χ1v) is 10.4. The van der Waals surface area contributed by atoms with Gasteiger partial charge in [0.2, 0.25) is 0 Å². The zero-order valence-corrected chi connectivity index (χ0v) is 17.1. The largest absolute Gasteiger partial charge is 0.387 e. The van der Waals surface area contributed by atoms with Crippen LogP contribution in [0.4, 0.5) is 0 Å². The van der Waals surface area contributed by atoms with E-state index in [0.29, 0.717) is 30.3 Å². The van der Waals surface area contributed by atoms with Crippen molar-refractivity contribution in [2.75, 3.05) is 32.8 Å². The number of aromatic nitrogens is 3. The highest BCUT2D eigenvalue weighted by molar-refractivity contribution is 6.31. The zero-order chi connectivity index (χ0) is 20.5. The monoisotopic (exact) mass is 423 g/mol. The SMILES string of the molecule is O=c1[nH]nc(C2=CCNC=C2)cc1-c1[nH]c2ccc(Cl)cc2c1CN1CCOCC1. The van der Waals surface area contributed by atoms with Crippen molar-refractivity contribution in [3.8, 4) is 11.3 Å². The van der Waals surface area contributed by atoms with Gasteiger partial charge in [-0.1, -0.05) is 17.7 Å². The molecule has 0 bridgehead atoms. The van der Waals surface area contributed by atoms with Crippen molar-refractivity contribution < 1.29 is 4.74 Å². The van der Waals surface area contributed by atoms with Crippen LogP contribution in [-0.2, 0) is 11.3 Å². The molecular formula is C22H22ClN5O2. The van der Waals surface area contributed by atoms with Crippen LogP contribution in [0.1, 0.15) is 11.3 Å². The summed E-state index contributed by atoms with van der Waals surface area (Å²) in [5.41, 5.74) is 4.88. The number of hydrogen-bond acceptors (Lipinski definition) is 5. The Morgan fingerprint density at radius 1 is 1.20 bits per heavy atom. The van der Waals surface area contributed by atoms with E-state index in [2.05, 4.69) is 25.4 Å². The van der Waals surface area contributed by atoms with Crippen LogP contribution in [0.3, 0.4) is 0 Å². The molecule has 0 unspecified atom stereocenters. The fourth-order valence-electron chi connectivity index (χ4n) is 3.98. The molecule has 154 valence electrons. The lowest BCUT2D eigenvalue weighted by molar-refractivity contribution is 0.0344. The van der Waals surface area contributed by atoms with Gasteiger partial charge in [0.15, 0.2) is 0 Å². The Kier molecular flexibility index (Phi) is 5.16. The van der Waals surface area contributed by atoms with E-state index in [1.54, 1.807) is 0 Å². The van der Waals surface area contributed by atoms with Gasteiger partial charge < -0.3 is 15.0 Å². The van der Waals surface area contributed by atoms with Crippen LogP contribution in [0.25, 0.3) is 27.7 Å². The van der Waals surface area contributed by atoms with Gasteiger partial charge in [0.25, 0.3) is 5.56 Å². The van der Waals surface area contributed by atoms with Crippen molar-refractivity contribution in [2.45, 2.75) is 6.54 Å². The van der Waals surface area contributed by atoms with Gasteiger partial charge in [-0.2, -0.15) is 5.10 Å². The van der Waals surface area contributed by atoms with Gasteiger partial charge in [0.1, 0.15) is 0 Å². The Hall–Kier alpha value is -2.87. The first-order chi connectivity index (χ1) is 14.7. The standard InChI is InChI=1S/C22H22ClN5O2/c23-15-1-2-19-16(11-15)18(13-28-7-9-30-10-8-28)21(25-19)17-12-20(26-27-22(17)29)14-3-5-24-6-4-14/h1-5,11-12,24-25H,6-10,13H2,(H,27,29). The van der Waals surface area contributed by atoms with Gasteiger partial charge in [-0.15, -0.1) is 0 Å². The van der Waals surface area contributed by atoms with Crippen molar-refractivity contribution in [2.24, 2.45) is 0 Å². The molecule has 5 rings (SSSR count). The third-order valence-electron chi connectivity index (χ3n) is 5.54. The Morgan fingerprint density at radius 3 is 2.87 bits per heavy atom. The highest BCUT2D eigenvalue weighted by atomic mass is 35.5. The molecule has 2 aliphatic heterocycles. The summed E-state index contributed by atoms with van der Waals surface area (Å²) in [7, 11) is 0. The highest BCUT2D eigenvalue weighted by Crippen LogP contribution is 2.32. The molecule has 3 N–H and O–H groups in total. The van der Waals surface area contributed by atoms with Crippen LogP contribution in [0.15, 0.2) is 47.4 Å². The Balaban J connectivity index is 1.64. The predicted octanol–water partition coefficient (Wildman–Crippen LogP) is 2.90. The lowest BCUT2D eigenvalue weighted by Crippen LogP contribution is -2.35. The first kappa shape index (κ1) is 19.1. The van der Waals surface area contributed by atoms with Crippen LogP contribution in [0, 0.1) is 0 Å². The van der Waals surface area contributed by atoms with Crippen molar-refractivity contribution in [1.82, 2.24) is 25.4 Å². The number of rotatable bonds is 4. The van der Waals surface area contributed by atoms with Crippen molar-refractivity contribution in [1.29, 1.82) is 0 Å². The molecule has 0 amide bonds. The zero-order valence-electron chi connectivity index (χ0n) is 16.4. The van der Waals surface area contributed by atoms with Crippen molar-refractivity contribution >= 4 is 28.1 Å². The van der Waals surface area contributed by atoms with Gasteiger partial charge in [0.05, 0.1) is 30.2 Å². The quantitative estimate of drug-likeness (QED) is 0.600. The summed E-state index contributed by atoms with van der Waals surface area (Å²) in [4.78, 5) is 18.6. The van der Waals surface area contributed by atoms with E-state index in [-0.39, 0.29) is 5.56 Å². The molecule has 0 atom stereocenters. The molecule has 0 spiro atoms. The van der Waals surface area contributed by atoms with E-state index in [4.69, 9.17) is 16.3 Å². The molecule has 7 nitrogen and oxygen atoms in total. The number of fused-ring (bicyclic) bond motifs is 1. The fraction of sp³-hybridized carbons (Fsp3) is 0.273. The van der Waals surface area contributed by atoms with E-state index in [1.807, 2.05) is 42.6 Å². The second-order valence-corrected chi connectivity index (χ2v) is 7.89. The first-order valence-electron chi connectivity index (χ1n) is 10.00. The molecule has 2 aliphatic rings. The van der Waals surface area contributed by atoms with Gasteiger partial charge in [-0.05, 0) is 42.1 Å². The number of nitrogens with zero attached hydrogens (tertiary/aromatic N) is 2. The molecule has 0 radical (unpaired) electrons. The molecule has 2 aromatic heterocycles. The maximum Gasteiger partial charge on any atom is 0.273 e. The maximum atomic E-state index is 12.8. The molecule has 8 heteroatoms. The summed E-state index contributed by atoms with van der Waals surface area (Å²) in [5.74, 6) is 0. The number of morpholine rings is 1. The second-order valence-electron chi connectivity index (χ2n) is 7.45. The van der Waals surface area contributed by atoms with Gasteiger partial charge >= 0.3 is 0 Å². The fourth-order valence-corrected chi connectivity index (χ4v) is 4.15. The normalized spacial score (nSPS) is 17.2. The third kappa shape index (κ3) is 3.67. The second kappa shape index (κ2) is 8.10. The number of dihydropyridines is 1. The maximum absolute atomic E-state index is 12.8. The van der Waals surface area contributed by atoms with E-state index in [9.17, 15) is 4.79 Å². The summed E-state index contributed by atoms with van der Waals surface area (Å²) < 4.78 is 5.49.